The molecular formula is C24H36N2. The van der Waals surface area contributed by atoms with Crippen molar-refractivity contribution < 1.29 is 0 Å². The highest BCUT2D eigenvalue weighted by Gasteiger charge is 1.95. The number of hydrogen-bond acceptors (Lipinski definition) is 2. The first-order valence-electron chi connectivity index (χ1n) is 10.4. The molecule has 0 atom stereocenters. The zero-order chi connectivity index (χ0) is 18.3. The molecule has 2 N–H and O–H groups in total. The predicted octanol–water partition coefficient (Wildman–Crippen LogP) is 4.91. The lowest BCUT2D eigenvalue weighted by Crippen LogP contribution is -2.19. The Kier molecular flexibility index (Phi) is 10.8. The lowest BCUT2D eigenvalue weighted by atomic mass is 10.1. The molecule has 0 aliphatic heterocycles. The van der Waals surface area contributed by atoms with E-state index in [9.17, 15) is 0 Å². The van der Waals surface area contributed by atoms with E-state index in [1.807, 2.05) is 0 Å². The minimum absolute atomic E-state index is 1.09. The monoisotopic (exact) mass is 352 g/mol. The van der Waals surface area contributed by atoms with Crippen LogP contribution in [0.1, 0.15) is 48.8 Å². The van der Waals surface area contributed by atoms with Crippen LogP contribution in [0.4, 0.5) is 0 Å². The maximum Gasteiger partial charge on any atom is -0.000835 e. The molecule has 26 heavy (non-hydrogen) atoms. The Labute approximate surface area is 160 Å². The van der Waals surface area contributed by atoms with Gasteiger partial charge in [0.05, 0.1) is 0 Å². The molecule has 0 radical (unpaired) electrons. The number of benzene rings is 2. The first kappa shape index (κ1) is 20.7. The molecule has 2 rings (SSSR count). The fourth-order valence-corrected chi connectivity index (χ4v) is 3.15. The Bertz CT molecular complexity index is 563. The number of aryl methyl sites for hydroxylation is 1. The highest BCUT2D eigenvalue weighted by molar-refractivity contribution is 5.21. The first-order valence-corrected chi connectivity index (χ1v) is 10.4. The largest absolute Gasteiger partial charge is 0.316 e. The lowest BCUT2D eigenvalue weighted by molar-refractivity contribution is 0.557. The number of rotatable bonds is 14. The summed E-state index contributed by atoms with van der Waals surface area (Å²) >= 11 is 0. The molecule has 2 heteroatoms. The van der Waals surface area contributed by atoms with Gasteiger partial charge in [-0.25, -0.2) is 0 Å². The summed E-state index contributed by atoms with van der Waals surface area (Å²) in [6.45, 7) is 6.63. The van der Waals surface area contributed by atoms with E-state index in [1.54, 1.807) is 0 Å². The van der Waals surface area contributed by atoms with E-state index in [1.165, 1.54) is 48.8 Å². The average molecular weight is 353 g/mol. The fourth-order valence-electron chi connectivity index (χ4n) is 3.15. The normalized spacial score (nSPS) is 11.0. The molecule has 2 aromatic carbocycles. The van der Waals surface area contributed by atoms with Gasteiger partial charge in [0.25, 0.3) is 0 Å². The van der Waals surface area contributed by atoms with Gasteiger partial charge >= 0.3 is 0 Å². The topological polar surface area (TPSA) is 24.1 Å². The van der Waals surface area contributed by atoms with Crippen LogP contribution in [0.15, 0.2) is 54.6 Å². The van der Waals surface area contributed by atoms with Gasteiger partial charge in [0.15, 0.2) is 0 Å². The smallest absolute Gasteiger partial charge is 0.000835 e. The fraction of sp³-hybridized carbons (Fsp3) is 0.500. The Morgan fingerprint density at radius 2 is 1.04 bits per heavy atom. The number of nitrogens with one attached hydrogen (secondary N) is 2. The van der Waals surface area contributed by atoms with Crippen molar-refractivity contribution in [2.75, 3.05) is 26.2 Å². The zero-order valence-electron chi connectivity index (χ0n) is 16.5. The zero-order valence-corrected chi connectivity index (χ0v) is 16.5. The molecule has 0 aliphatic rings. The molecular weight excluding hydrogens is 316 g/mol. The summed E-state index contributed by atoms with van der Waals surface area (Å²) in [6.07, 6.45) is 8.93. The van der Waals surface area contributed by atoms with E-state index in [0.29, 0.717) is 0 Å². The Morgan fingerprint density at radius 1 is 0.538 bits per heavy atom. The van der Waals surface area contributed by atoms with Crippen molar-refractivity contribution in [1.82, 2.24) is 10.6 Å². The van der Waals surface area contributed by atoms with Gasteiger partial charge in [-0.2, -0.15) is 0 Å². The molecule has 0 spiro atoms. The van der Waals surface area contributed by atoms with E-state index < -0.39 is 0 Å². The molecule has 0 aromatic heterocycles. The van der Waals surface area contributed by atoms with E-state index in [-0.39, 0.29) is 0 Å². The highest BCUT2D eigenvalue weighted by Crippen LogP contribution is 2.04. The second kappa shape index (κ2) is 13.5. The lowest BCUT2D eigenvalue weighted by Gasteiger charge is -2.06. The minimum atomic E-state index is 1.09. The second-order valence-corrected chi connectivity index (χ2v) is 7.24. The maximum atomic E-state index is 3.57. The quantitative estimate of drug-likeness (QED) is 0.472. The van der Waals surface area contributed by atoms with Crippen LogP contribution in [0.5, 0.6) is 0 Å². The first-order chi connectivity index (χ1) is 12.8. The summed E-state index contributed by atoms with van der Waals surface area (Å²) in [5.41, 5.74) is 4.20. The molecule has 0 heterocycles. The van der Waals surface area contributed by atoms with Crippen LogP contribution in [0.2, 0.25) is 0 Å². The van der Waals surface area contributed by atoms with E-state index in [0.717, 1.165) is 39.0 Å². The van der Waals surface area contributed by atoms with Gasteiger partial charge in [0.1, 0.15) is 0 Å². The van der Waals surface area contributed by atoms with Gasteiger partial charge < -0.3 is 10.6 Å². The summed E-state index contributed by atoms with van der Waals surface area (Å²) in [5, 5.41) is 7.13. The van der Waals surface area contributed by atoms with E-state index in [4.69, 9.17) is 0 Å². The van der Waals surface area contributed by atoms with Crippen molar-refractivity contribution in [2.24, 2.45) is 0 Å². The van der Waals surface area contributed by atoms with Gasteiger partial charge in [-0.3, -0.25) is 0 Å². The molecule has 0 aliphatic carbocycles. The van der Waals surface area contributed by atoms with Crippen molar-refractivity contribution in [3.63, 3.8) is 0 Å². The van der Waals surface area contributed by atoms with Gasteiger partial charge in [0, 0.05) is 0 Å². The standard InChI is InChI=1S/C24H36N2/c1-22-12-14-24(15-13-22)17-21-26-19-9-4-2-3-8-18-25-20-16-23-10-6-5-7-11-23/h5-7,10-15,25-26H,2-4,8-9,16-21H2,1H3. The summed E-state index contributed by atoms with van der Waals surface area (Å²) in [5.74, 6) is 0. The van der Waals surface area contributed by atoms with Crippen LogP contribution in [-0.4, -0.2) is 26.2 Å². The second-order valence-electron chi connectivity index (χ2n) is 7.24. The molecule has 0 saturated heterocycles. The van der Waals surface area contributed by atoms with Crippen LogP contribution in [0.25, 0.3) is 0 Å². The van der Waals surface area contributed by atoms with Crippen molar-refractivity contribution in [3.8, 4) is 0 Å². The average Bonchev–Trinajstić information content (AvgIpc) is 2.68. The summed E-state index contributed by atoms with van der Waals surface area (Å²) < 4.78 is 0. The third-order valence-electron chi connectivity index (χ3n) is 4.85. The van der Waals surface area contributed by atoms with Crippen LogP contribution in [0, 0.1) is 6.92 Å². The van der Waals surface area contributed by atoms with E-state index >= 15 is 0 Å². The summed E-state index contributed by atoms with van der Waals surface area (Å²) in [6, 6.07) is 19.6. The van der Waals surface area contributed by atoms with Gasteiger partial charge in [-0.05, 0) is 69.9 Å². The molecule has 0 saturated carbocycles. The molecule has 0 fully saturated rings. The Hall–Kier alpha value is -1.64. The molecule has 2 nitrogen and oxygen atoms in total. The SMILES string of the molecule is Cc1ccc(CCNCCCCCCCNCCc2ccccc2)cc1. The molecule has 0 bridgehead atoms. The van der Waals surface area contributed by atoms with Crippen molar-refractivity contribution in [2.45, 2.75) is 51.9 Å². The van der Waals surface area contributed by atoms with Crippen LogP contribution in [-0.2, 0) is 12.8 Å². The van der Waals surface area contributed by atoms with Gasteiger partial charge in [-0.1, -0.05) is 79.4 Å². The third kappa shape index (κ3) is 9.74. The molecule has 0 amide bonds. The molecule has 2 aromatic rings. The Balaban J connectivity index is 1.31. The van der Waals surface area contributed by atoms with E-state index in [2.05, 4.69) is 72.2 Å². The number of hydrogen-bond donors (Lipinski definition) is 2. The summed E-state index contributed by atoms with van der Waals surface area (Å²) in [4.78, 5) is 0. The number of unbranched alkanes of at least 4 members (excludes halogenated alkanes) is 4. The maximum absolute atomic E-state index is 3.57. The van der Waals surface area contributed by atoms with Crippen molar-refractivity contribution in [1.29, 1.82) is 0 Å². The van der Waals surface area contributed by atoms with Crippen LogP contribution < -0.4 is 10.6 Å². The summed E-state index contributed by atoms with van der Waals surface area (Å²) in [7, 11) is 0. The van der Waals surface area contributed by atoms with Crippen LogP contribution in [0.3, 0.4) is 0 Å². The highest BCUT2D eigenvalue weighted by atomic mass is 14.8. The predicted molar refractivity (Wildman–Crippen MR) is 114 cm³/mol. The Morgan fingerprint density at radius 3 is 1.62 bits per heavy atom. The van der Waals surface area contributed by atoms with Gasteiger partial charge in [-0.15, -0.1) is 0 Å². The third-order valence-corrected chi connectivity index (χ3v) is 4.85. The van der Waals surface area contributed by atoms with Crippen molar-refractivity contribution >= 4 is 0 Å². The molecule has 142 valence electrons. The van der Waals surface area contributed by atoms with Crippen molar-refractivity contribution in [3.05, 3.63) is 71.3 Å². The van der Waals surface area contributed by atoms with Crippen LogP contribution >= 0.6 is 0 Å². The molecule has 0 unspecified atom stereocenters. The minimum Gasteiger partial charge on any atom is -0.316 e. The van der Waals surface area contributed by atoms with Gasteiger partial charge in [0.2, 0.25) is 0 Å².